The molecule has 1 aromatic rings. The summed E-state index contributed by atoms with van der Waals surface area (Å²) in [5, 5.41) is 8.73. The number of nitrogens with two attached hydrogens (primary N) is 1. The molecule has 5 nitrogen and oxygen atoms in total. The Morgan fingerprint density at radius 3 is 2.71 bits per heavy atom. The average Bonchev–Trinajstić information content (AvgIpc) is 2.27. The maximum absolute atomic E-state index is 12.6. The molecule has 0 saturated heterocycles. The van der Waals surface area contributed by atoms with Crippen LogP contribution in [0.2, 0.25) is 0 Å². The second-order valence-corrected chi connectivity index (χ2v) is 3.26. The molecule has 0 bridgehead atoms. The molecule has 0 spiro atoms. The fraction of sp³-hybridized carbons (Fsp3) is 0.400. The first-order chi connectivity index (χ1) is 8.01. The van der Waals surface area contributed by atoms with Gasteiger partial charge in [-0.3, -0.25) is 9.78 Å². The van der Waals surface area contributed by atoms with E-state index in [2.05, 4.69) is 4.98 Å². The third-order valence-corrected chi connectivity index (χ3v) is 2.21. The summed E-state index contributed by atoms with van der Waals surface area (Å²) in [7, 11) is 1.19. The van der Waals surface area contributed by atoms with Gasteiger partial charge in [0, 0.05) is 18.3 Å². The SMILES string of the molecule is COc1c(C(F)F)ncc(CN)c1CC(=O)O. The Bertz CT molecular complexity index is 424. The maximum Gasteiger partial charge on any atom is 0.307 e. The number of carboxylic acid groups (broad SMARTS) is 1. The van der Waals surface area contributed by atoms with E-state index in [0.717, 1.165) is 6.20 Å². The topological polar surface area (TPSA) is 85.4 Å². The number of aromatic nitrogens is 1. The number of pyridine rings is 1. The molecule has 0 fully saturated rings. The van der Waals surface area contributed by atoms with E-state index in [9.17, 15) is 13.6 Å². The fourth-order valence-electron chi connectivity index (χ4n) is 1.49. The predicted octanol–water partition coefficient (Wildman–Crippen LogP) is 1.11. The smallest absolute Gasteiger partial charge is 0.307 e. The molecule has 0 unspecified atom stereocenters. The standard InChI is InChI=1S/C10H12F2N2O3/c1-17-9-6(2-7(15)16)5(3-13)4-14-8(9)10(11)12/h4,10H,2-3,13H2,1H3,(H,15,16). The molecule has 0 radical (unpaired) electrons. The second kappa shape index (κ2) is 5.53. The third kappa shape index (κ3) is 2.88. The number of alkyl halides is 2. The van der Waals surface area contributed by atoms with E-state index in [1.54, 1.807) is 0 Å². The van der Waals surface area contributed by atoms with Crippen LogP contribution in [0, 0.1) is 0 Å². The van der Waals surface area contributed by atoms with E-state index in [1.165, 1.54) is 7.11 Å². The molecule has 1 rings (SSSR count). The molecule has 0 saturated carbocycles. The van der Waals surface area contributed by atoms with Gasteiger partial charge in [-0.25, -0.2) is 8.78 Å². The first-order valence-electron chi connectivity index (χ1n) is 4.75. The normalized spacial score (nSPS) is 10.6. The summed E-state index contributed by atoms with van der Waals surface area (Å²) >= 11 is 0. The Morgan fingerprint density at radius 2 is 2.29 bits per heavy atom. The molecule has 7 heteroatoms. The van der Waals surface area contributed by atoms with E-state index in [1.807, 2.05) is 0 Å². The maximum atomic E-state index is 12.6. The highest BCUT2D eigenvalue weighted by Gasteiger charge is 2.22. The van der Waals surface area contributed by atoms with Crippen molar-refractivity contribution in [1.29, 1.82) is 0 Å². The quantitative estimate of drug-likeness (QED) is 0.812. The van der Waals surface area contributed by atoms with Crippen molar-refractivity contribution >= 4 is 5.97 Å². The Morgan fingerprint density at radius 1 is 1.65 bits per heavy atom. The molecule has 3 N–H and O–H groups in total. The highest BCUT2D eigenvalue weighted by molar-refractivity contribution is 5.72. The molecule has 1 heterocycles. The van der Waals surface area contributed by atoms with E-state index < -0.39 is 24.5 Å². The first-order valence-corrected chi connectivity index (χ1v) is 4.75. The fourth-order valence-corrected chi connectivity index (χ4v) is 1.49. The predicted molar refractivity (Wildman–Crippen MR) is 55.0 cm³/mol. The molecule has 17 heavy (non-hydrogen) atoms. The molecular formula is C10H12F2N2O3. The minimum atomic E-state index is -2.83. The highest BCUT2D eigenvalue weighted by atomic mass is 19.3. The van der Waals surface area contributed by atoms with E-state index in [4.69, 9.17) is 15.6 Å². The average molecular weight is 246 g/mol. The van der Waals surface area contributed by atoms with Gasteiger partial charge in [0.25, 0.3) is 6.43 Å². The van der Waals surface area contributed by atoms with Crippen LogP contribution < -0.4 is 10.5 Å². The Kier molecular flexibility index (Phi) is 4.33. The zero-order valence-electron chi connectivity index (χ0n) is 9.11. The molecule has 0 aliphatic heterocycles. The van der Waals surface area contributed by atoms with Crippen molar-refractivity contribution in [1.82, 2.24) is 4.98 Å². The minimum Gasteiger partial charge on any atom is -0.494 e. The number of carbonyl (C=O) groups is 1. The lowest BCUT2D eigenvalue weighted by atomic mass is 10.0. The van der Waals surface area contributed by atoms with Crippen LogP contribution in [-0.2, 0) is 17.8 Å². The number of halogens is 2. The van der Waals surface area contributed by atoms with Crippen LogP contribution in [-0.4, -0.2) is 23.2 Å². The number of hydrogen-bond donors (Lipinski definition) is 2. The summed E-state index contributed by atoms with van der Waals surface area (Å²) in [6, 6.07) is 0. The van der Waals surface area contributed by atoms with Crippen LogP contribution in [0.25, 0.3) is 0 Å². The molecule has 1 aromatic heterocycles. The van der Waals surface area contributed by atoms with Crippen LogP contribution in [0.15, 0.2) is 6.20 Å². The number of rotatable bonds is 5. The van der Waals surface area contributed by atoms with Gasteiger partial charge in [0.2, 0.25) is 0 Å². The van der Waals surface area contributed by atoms with Gasteiger partial charge in [-0.1, -0.05) is 0 Å². The summed E-state index contributed by atoms with van der Waals surface area (Å²) in [6.07, 6.45) is -2.11. The number of nitrogens with zero attached hydrogens (tertiary/aromatic N) is 1. The van der Waals surface area contributed by atoms with Gasteiger partial charge >= 0.3 is 5.97 Å². The second-order valence-electron chi connectivity index (χ2n) is 3.26. The van der Waals surface area contributed by atoms with E-state index in [0.29, 0.717) is 5.56 Å². The number of methoxy groups -OCH3 is 1. The van der Waals surface area contributed by atoms with Gasteiger partial charge in [0.05, 0.1) is 13.5 Å². The number of ether oxygens (including phenoxy) is 1. The molecule has 0 aliphatic rings. The van der Waals surface area contributed by atoms with E-state index >= 15 is 0 Å². The van der Waals surface area contributed by atoms with Crippen molar-refractivity contribution in [3.63, 3.8) is 0 Å². The van der Waals surface area contributed by atoms with Crippen LogP contribution in [0.4, 0.5) is 8.78 Å². The van der Waals surface area contributed by atoms with Crippen molar-refractivity contribution < 1.29 is 23.4 Å². The Balaban J connectivity index is 3.37. The zero-order valence-corrected chi connectivity index (χ0v) is 9.11. The van der Waals surface area contributed by atoms with Crippen LogP contribution in [0.3, 0.4) is 0 Å². The molecule has 0 amide bonds. The van der Waals surface area contributed by atoms with Gasteiger partial charge in [-0.15, -0.1) is 0 Å². The summed E-state index contributed by atoms with van der Waals surface area (Å²) < 4.78 is 30.1. The summed E-state index contributed by atoms with van der Waals surface area (Å²) in [4.78, 5) is 14.2. The highest BCUT2D eigenvalue weighted by Crippen LogP contribution is 2.32. The summed E-state index contributed by atoms with van der Waals surface area (Å²) in [5.41, 5.74) is 5.36. The molecular weight excluding hydrogens is 234 g/mol. The zero-order chi connectivity index (χ0) is 13.0. The van der Waals surface area contributed by atoms with Crippen molar-refractivity contribution in [2.75, 3.05) is 7.11 Å². The Hall–Kier alpha value is -1.76. The van der Waals surface area contributed by atoms with Crippen molar-refractivity contribution in [2.45, 2.75) is 19.4 Å². The number of aliphatic carboxylic acids is 1. The molecule has 0 atom stereocenters. The molecule has 0 aromatic carbocycles. The molecule has 0 aliphatic carbocycles. The monoisotopic (exact) mass is 246 g/mol. The lowest BCUT2D eigenvalue weighted by molar-refractivity contribution is -0.136. The lowest BCUT2D eigenvalue weighted by Crippen LogP contribution is -2.12. The molecule has 94 valence electrons. The minimum absolute atomic E-state index is 0.00942. The number of hydrogen-bond acceptors (Lipinski definition) is 4. The summed E-state index contributed by atoms with van der Waals surface area (Å²) in [5.74, 6) is -1.35. The van der Waals surface area contributed by atoms with Crippen LogP contribution in [0.1, 0.15) is 23.2 Å². The number of carboxylic acids is 1. The van der Waals surface area contributed by atoms with Crippen LogP contribution >= 0.6 is 0 Å². The summed E-state index contributed by atoms with van der Waals surface area (Å²) in [6.45, 7) is 0.00942. The van der Waals surface area contributed by atoms with Gasteiger partial charge in [0.15, 0.2) is 0 Å². The van der Waals surface area contributed by atoms with Gasteiger partial charge < -0.3 is 15.6 Å². The van der Waals surface area contributed by atoms with Crippen LogP contribution in [0.5, 0.6) is 5.75 Å². The van der Waals surface area contributed by atoms with Crippen molar-refractivity contribution in [3.8, 4) is 5.75 Å². The van der Waals surface area contributed by atoms with Crippen molar-refractivity contribution in [3.05, 3.63) is 23.0 Å². The third-order valence-electron chi connectivity index (χ3n) is 2.21. The van der Waals surface area contributed by atoms with Gasteiger partial charge in [-0.05, 0) is 5.56 Å². The Labute approximate surface area is 96.2 Å². The first kappa shape index (κ1) is 13.3. The van der Waals surface area contributed by atoms with E-state index in [-0.39, 0.29) is 17.9 Å². The van der Waals surface area contributed by atoms with Gasteiger partial charge in [-0.2, -0.15) is 0 Å². The largest absolute Gasteiger partial charge is 0.494 e. The van der Waals surface area contributed by atoms with Crippen molar-refractivity contribution in [2.24, 2.45) is 5.73 Å². The van der Waals surface area contributed by atoms with Gasteiger partial charge in [0.1, 0.15) is 11.4 Å². The lowest BCUT2D eigenvalue weighted by Gasteiger charge is -2.14.